The fourth-order valence-electron chi connectivity index (χ4n) is 4.90. The van der Waals surface area contributed by atoms with E-state index in [4.69, 9.17) is 9.47 Å². The van der Waals surface area contributed by atoms with Crippen molar-refractivity contribution < 1.29 is 14.3 Å². The van der Waals surface area contributed by atoms with Crippen LogP contribution in [0.5, 0.6) is 11.5 Å². The molecule has 0 bridgehead atoms. The smallest absolute Gasteiger partial charge is 0.332 e. The molecule has 2 atom stereocenters. The first-order valence-electron chi connectivity index (χ1n) is 11.5. The fourth-order valence-corrected chi connectivity index (χ4v) is 4.90. The van der Waals surface area contributed by atoms with Gasteiger partial charge in [0.15, 0.2) is 11.5 Å². The molecule has 8 nitrogen and oxygen atoms in total. The predicted octanol–water partition coefficient (Wildman–Crippen LogP) is 2.73. The Morgan fingerprint density at radius 3 is 2.18 bits per heavy atom. The molecule has 2 aromatic carbocycles. The van der Waals surface area contributed by atoms with E-state index in [2.05, 4.69) is 13.8 Å². The van der Waals surface area contributed by atoms with E-state index < -0.39 is 11.2 Å². The van der Waals surface area contributed by atoms with Crippen molar-refractivity contribution in [2.45, 2.75) is 33.4 Å². The molecule has 1 aliphatic heterocycles. The second-order valence-electron chi connectivity index (χ2n) is 9.21. The molecule has 1 aromatic heterocycles. The second kappa shape index (κ2) is 9.75. The van der Waals surface area contributed by atoms with Crippen molar-refractivity contribution in [1.29, 1.82) is 0 Å². The van der Waals surface area contributed by atoms with E-state index in [1.807, 2.05) is 35.2 Å². The minimum absolute atomic E-state index is 0.106. The average molecular weight is 466 g/mol. The highest BCUT2D eigenvalue weighted by atomic mass is 16.5. The maximum Gasteiger partial charge on any atom is 0.332 e. The number of ether oxygens (including phenoxy) is 2. The second-order valence-corrected chi connectivity index (χ2v) is 9.21. The Hall–Kier alpha value is -3.55. The molecule has 3 aromatic rings. The normalized spacial score (nSPS) is 18.2. The van der Waals surface area contributed by atoms with Crippen molar-refractivity contribution in [3.05, 3.63) is 68.9 Å². The number of fused-ring (bicyclic) bond motifs is 1. The molecule has 0 spiro atoms. The van der Waals surface area contributed by atoms with Crippen LogP contribution in [0.3, 0.4) is 0 Å². The summed E-state index contributed by atoms with van der Waals surface area (Å²) in [6, 6.07) is 12.5. The van der Waals surface area contributed by atoms with Crippen LogP contribution in [0.2, 0.25) is 0 Å². The summed E-state index contributed by atoms with van der Waals surface area (Å²) in [5.74, 6) is 1.43. The molecule has 2 unspecified atom stereocenters. The molecule has 180 valence electrons. The molecular formula is C26H31N3O5. The number of hydrogen-bond acceptors (Lipinski definition) is 5. The molecule has 34 heavy (non-hydrogen) atoms. The van der Waals surface area contributed by atoms with Gasteiger partial charge in [-0.25, -0.2) is 4.79 Å². The molecule has 0 N–H and O–H groups in total. The molecular weight excluding hydrogens is 434 g/mol. The first-order chi connectivity index (χ1) is 16.3. The van der Waals surface area contributed by atoms with Crippen LogP contribution in [-0.2, 0) is 17.9 Å². The van der Waals surface area contributed by atoms with E-state index in [0.717, 1.165) is 12.0 Å². The van der Waals surface area contributed by atoms with Crippen molar-refractivity contribution in [3.63, 3.8) is 0 Å². The lowest BCUT2D eigenvalue weighted by Crippen LogP contribution is -2.47. The highest BCUT2D eigenvalue weighted by Gasteiger charge is 2.27. The first kappa shape index (κ1) is 23.6. The summed E-state index contributed by atoms with van der Waals surface area (Å²) < 4.78 is 13.4. The molecule has 0 saturated carbocycles. The summed E-state index contributed by atoms with van der Waals surface area (Å²) >= 11 is 0. The summed E-state index contributed by atoms with van der Waals surface area (Å²) in [5.41, 5.74) is 0.204. The molecule has 1 saturated heterocycles. The standard InChI is InChI=1S/C26H31N3O5/c1-17-10-18(2)14-27(13-17)24(30)16-28-21-12-23(34-4)22(33-3)11-20(21)25(31)29(26(28)32)15-19-8-6-5-7-9-19/h5-9,11-12,17-18H,10,13-16H2,1-4H3. The summed E-state index contributed by atoms with van der Waals surface area (Å²) in [7, 11) is 2.98. The third-order valence-electron chi connectivity index (χ3n) is 6.43. The fraction of sp³-hybridized carbons (Fsp3) is 0.423. The van der Waals surface area contributed by atoms with Crippen molar-refractivity contribution >= 4 is 16.8 Å². The van der Waals surface area contributed by atoms with E-state index >= 15 is 0 Å². The SMILES string of the molecule is COc1cc2c(=O)n(Cc3ccccc3)c(=O)n(CC(=O)N3CC(C)CC(C)C3)c2cc1OC. The van der Waals surface area contributed by atoms with E-state index in [1.54, 1.807) is 12.1 Å². The van der Waals surface area contributed by atoms with Crippen LogP contribution in [0.1, 0.15) is 25.8 Å². The van der Waals surface area contributed by atoms with Gasteiger partial charge in [-0.1, -0.05) is 44.2 Å². The summed E-state index contributed by atoms with van der Waals surface area (Å²) in [4.78, 5) is 42.1. The van der Waals surface area contributed by atoms with Crippen LogP contribution >= 0.6 is 0 Å². The lowest BCUT2D eigenvalue weighted by Gasteiger charge is -2.35. The Balaban J connectivity index is 1.86. The topological polar surface area (TPSA) is 82.8 Å². The molecule has 8 heteroatoms. The number of benzene rings is 2. The monoisotopic (exact) mass is 465 g/mol. The third-order valence-corrected chi connectivity index (χ3v) is 6.43. The van der Waals surface area contributed by atoms with Gasteiger partial charge in [0.05, 0.1) is 31.7 Å². The minimum Gasteiger partial charge on any atom is -0.493 e. The van der Waals surface area contributed by atoms with E-state index in [-0.39, 0.29) is 19.0 Å². The third kappa shape index (κ3) is 4.58. The van der Waals surface area contributed by atoms with Crippen LogP contribution in [0.4, 0.5) is 0 Å². The van der Waals surface area contributed by atoms with Crippen LogP contribution in [-0.4, -0.2) is 47.3 Å². The Labute approximate surface area is 198 Å². The summed E-state index contributed by atoms with van der Waals surface area (Å²) in [6.45, 7) is 5.55. The number of aromatic nitrogens is 2. The predicted molar refractivity (Wildman–Crippen MR) is 131 cm³/mol. The van der Waals surface area contributed by atoms with Crippen molar-refractivity contribution in [3.8, 4) is 11.5 Å². The van der Waals surface area contributed by atoms with Gasteiger partial charge in [-0.15, -0.1) is 0 Å². The highest BCUT2D eigenvalue weighted by molar-refractivity contribution is 5.84. The van der Waals surface area contributed by atoms with Gasteiger partial charge in [-0.2, -0.15) is 0 Å². The van der Waals surface area contributed by atoms with Gasteiger partial charge in [-0.3, -0.25) is 18.7 Å². The van der Waals surface area contributed by atoms with Crippen LogP contribution < -0.4 is 20.7 Å². The van der Waals surface area contributed by atoms with Gasteiger partial charge in [0, 0.05) is 19.2 Å². The summed E-state index contributed by atoms with van der Waals surface area (Å²) in [6.07, 6.45) is 1.08. The number of likely N-dealkylation sites (tertiary alicyclic amines) is 1. The number of carbonyl (C=O) groups is 1. The first-order valence-corrected chi connectivity index (χ1v) is 11.5. The number of nitrogens with zero attached hydrogens (tertiary/aromatic N) is 3. The van der Waals surface area contributed by atoms with Gasteiger partial charge in [-0.05, 0) is 29.9 Å². The Morgan fingerprint density at radius 1 is 0.941 bits per heavy atom. The van der Waals surface area contributed by atoms with Gasteiger partial charge >= 0.3 is 5.69 Å². The molecule has 1 amide bonds. The van der Waals surface area contributed by atoms with Gasteiger partial charge in [0.25, 0.3) is 5.56 Å². The quantitative estimate of drug-likeness (QED) is 0.559. The lowest BCUT2D eigenvalue weighted by molar-refractivity contribution is -0.134. The van der Waals surface area contributed by atoms with Gasteiger partial charge in [0.1, 0.15) is 6.54 Å². The number of carbonyl (C=O) groups excluding carboxylic acids is 1. The van der Waals surface area contributed by atoms with Crippen LogP contribution in [0.15, 0.2) is 52.1 Å². The minimum atomic E-state index is -0.528. The van der Waals surface area contributed by atoms with E-state index in [1.165, 1.54) is 23.4 Å². The maximum absolute atomic E-state index is 13.6. The maximum atomic E-state index is 13.6. The zero-order valence-corrected chi connectivity index (χ0v) is 20.1. The number of amides is 1. The van der Waals surface area contributed by atoms with Crippen molar-refractivity contribution in [2.75, 3.05) is 27.3 Å². The molecule has 1 fully saturated rings. The Kier molecular flexibility index (Phi) is 6.77. The van der Waals surface area contributed by atoms with Crippen molar-refractivity contribution in [2.24, 2.45) is 11.8 Å². The molecule has 0 aliphatic carbocycles. The lowest BCUT2D eigenvalue weighted by atomic mass is 9.92. The molecule has 2 heterocycles. The number of rotatable bonds is 6. The summed E-state index contributed by atoms with van der Waals surface area (Å²) in [5, 5.41) is 0.293. The van der Waals surface area contributed by atoms with E-state index in [0.29, 0.717) is 47.3 Å². The zero-order chi connectivity index (χ0) is 24.4. The molecule has 0 radical (unpaired) electrons. The van der Waals surface area contributed by atoms with Crippen LogP contribution in [0.25, 0.3) is 10.9 Å². The number of piperidine rings is 1. The largest absolute Gasteiger partial charge is 0.493 e. The average Bonchev–Trinajstić information content (AvgIpc) is 2.83. The molecule has 1 aliphatic rings. The van der Waals surface area contributed by atoms with E-state index in [9.17, 15) is 14.4 Å². The Bertz CT molecular complexity index is 1300. The van der Waals surface area contributed by atoms with Gasteiger partial charge < -0.3 is 14.4 Å². The number of hydrogen-bond donors (Lipinski definition) is 0. The molecule has 4 rings (SSSR count). The van der Waals surface area contributed by atoms with Gasteiger partial charge in [0.2, 0.25) is 5.91 Å². The van der Waals surface area contributed by atoms with Crippen molar-refractivity contribution in [1.82, 2.24) is 14.0 Å². The highest BCUT2D eigenvalue weighted by Crippen LogP contribution is 2.30. The number of methoxy groups -OCH3 is 2. The zero-order valence-electron chi connectivity index (χ0n) is 20.1. The van der Waals surface area contributed by atoms with Crippen LogP contribution in [0, 0.1) is 11.8 Å². The Morgan fingerprint density at radius 2 is 1.56 bits per heavy atom.